The van der Waals surface area contributed by atoms with Crippen LogP contribution in [-0.2, 0) is 11.2 Å². The van der Waals surface area contributed by atoms with E-state index >= 15 is 0 Å². The third kappa shape index (κ3) is 4.24. The van der Waals surface area contributed by atoms with E-state index in [1.54, 1.807) is 4.90 Å². The fraction of sp³-hybridized carbons (Fsp3) is 0.750. The van der Waals surface area contributed by atoms with Gasteiger partial charge in [0.1, 0.15) is 0 Å². The van der Waals surface area contributed by atoms with Gasteiger partial charge in [0.25, 0.3) is 0 Å². The van der Waals surface area contributed by atoms with Crippen LogP contribution in [0.3, 0.4) is 0 Å². The average Bonchev–Trinajstić information content (AvgIpc) is 3.08. The van der Waals surface area contributed by atoms with Crippen molar-refractivity contribution in [1.29, 1.82) is 0 Å². The third-order valence-electron chi connectivity index (χ3n) is 4.47. The first-order valence-corrected chi connectivity index (χ1v) is 8.81. The molecule has 2 aliphatic rings. The molecule has 2 N–H and O–H groups in total. The van der Waals surface area contributed by atoms with Crippen molar-refractivity contribution in [2.24, 2.45) is 5.92 Å². The fourth-order valence-electron chi connectivity index (χ4n) is 2.92. The molecule has 1 aromatic heterocycles. The molecule has 1 aromatic rings. The Labute approximate surface area is 141 Å². The summed E-state index contributed by atoms with van der Waals surface area (Å²) in [5.41, 5.74) is 0. The number of nitrogens with one attached hydrogen (secondary N) is 2. The van der Waals surface area contributed by atoms with Crippen molar-refractivity contribution in [2.75, 3.05) is 19.6 Å². The Hall–Kier alpha value is -2.12. The Morgan fingerprint density at radius 3 is 2.88 bits per heavy atom. The van der Waals surface area contributed by atoms with Gasteiger partial charge in [0.15, 0.2) is 5.82 Å². The molecule has 1 aliphatic carbocycles. The summed E-state index contributed by atoms with van der Waals surface area (Å²) in [5, 5.41) is 9.75. The first-order valence-electron chi connectivity index (χ1n) is 8.81. The lowest BCUT2D eigenvalue weighted by Crippen LogP contribution is -2.39. The summed E-state index contributed by atoms with van der Waals surface area (Å²) in [4.78, 5) is 30.0. The number of aromatic nitrogens is 2. The van der Waals surface area contributed by atoms with Gasteiger partial charge < -0.3 is 20.1 Å². The first-order chi connectivity index (χ1) is 11.7. The smallest absolute Gasteiger partial charge is 0.318 e. The maximum absolute atomic E-state index is 12.1. The van der Waals surface area contributed by atoms with E-state index in [9.17, 15) is 9.59 Å². The number of carbonyl (C=O) groups is 2. The summed E-state index contributed by atoms with van der Waals surface area (Å²) in [6, 6.07) is -0.233. The van der Waals surface area contributed by atoms with E-state index < -0.39 is 0 Å². The van der Waals surface area contributed by atoms with Crippen LogP contribution >= 0.6 is 0 Å². The van der Waals surface area contributed by atoms with Gasteiger partial charge in [0.2, 0.25) is 11.8 Å². The van der Waals surface area contributed by atoms with Gasteiger partial charge in [-0.3, -0.25) is 4.79 Å². The highest BCUT2D eigenvalue weighted by atomic mass is 16.5. The van der Waals surface area contributed by atoms with Crippen molar-refractivity contribution in [3.05, 3.63) is 11.7 Å². The summed E-state index contributed by atoms with van der Waals surface area (Å²) >= 11 is 0. The van der Waals surface area contributed by atoms with E-state index in [0.717, 1.165) is 19.4 Å². The van der Waals surface area contributed by atoms with Gasteiger partial charge >= 0.3 is 6.03 Å². The second-order valence-electron chi connectivity index (χ2n) is 6.48. The van der Waals surface area contributed by atoms with Crippen molar-refractivity contribution < 1.29 is 14.1 Å². The summed E-state index contributed by atoms with van der Waals surface area (Å²) in [6.07, 6.45) is 4.97. The molecule has 1 unspecified atom stereocenters. The van der Waals surface area contributed by atoms with E-state index in [2.05, 4.69) is 20.8 Å². The molecule has 0 aromatic carbocycles. The molecule has 2 fully saturated rings. The van der Waals surface area contributed by atoms with Crippen molar-refractivity contribution in [3.8, 4) is 0 Å². The van der Waals surface area contributed by atoms with Gasteiger partial charge in [0, 0.05) is 32.5 Å². The number of carbonyl (C=O) groups excluding carboxylic acids is 2. The van der Waals surface area contributed by atoms with E-state index in [1.165, 1.54) is 12.8 Å². The SMILES string of the molecule is CCNC(=O)N1CCCC1c1noc(CCC(=O)NCC2CC2)n1. The molecular formula is C16H25N5O3. The van der Waals surface area contributed by atoms with Gasteiger partial charge in [-0.1, -0.05) is 5.16 Å². The van der Waals surface area contributed by atoms with Gasteiger partial charge in [-0.2, -0.15) is 4.98 Å². The number of likely N-dealkylation sites (tertiary alicyclic amines) is 1. The third-order valence-corrected chi connectivity index (χ3v) is 4.47. The number of hydrogen-bond donors (Lipinski definition) is 2. The molecule has 1 saturated heterocycles. The second kappa shape index (κ2) is 7.63. The molecule has 8 nitrogen and oxygen atoms in total. The van der Waals surface area contributed by atoms with Crippen LogP contribution in [0.1, 0.15) is 56.8 Å². The maximum atomic E-state index is 12.1. The highest BCUT2D eigenvalue weighted by Crippen LogP contribution is 2.30. The predicted octanol–water partition coefficient (Wildman–Crippen LogP) is 1.39. The zero-order valence-corrected chi connectivity index (χ0v) is 14.1. The van der Waals surface area contributed by atoms with Crippen molar-refractivity contribution >= 4 is 11.9 Å². The zero-order chi connectivity index (χ0) is 16.9. The standard InChI is InChI=1S/C16H25N5O3/c1-2-17-16(23)21-9-3-4-12(21)15-19-14(24-20-15)8-7-13(22)18-10-11-5-6-11/h11-12H,2-10H2,1H3,(H,17,23)(H,18,22). The molecule has 2 heterocycles. The van der Waals surface area contributed by atoms with Crippen LogP contribution in [0.4, 0.5) is 4.79 Å². The molecule has 1 saturated carbocycles. The van der Waals surface area contributed by atoms with Gasteiger partial charge in [-0.25, -0.2) is 4.79 Å². The Bertz CT molecular complexity index is 584. The van der Waals surface area contributed by atoms with Crippen LogP contribution in [0.25, 0.3) is 0 Å². The molecular weight excluding hydrogens is 310 g/mol. The summed E-state index contributed by atoms with van der Waals surface area (Å²) in [5.74, 6) is 1.68. The van der Waals surface area contributed by atoms with Crippen LogP contribution in [0.2, 0.25) is 0 Å². The topological polar surface area (TPSA) is 100 Å². The van der Waals surface area contributed by atoms with Crippen molar-refractivity contribution in [3.63, 3.8) is 0 Å². The van der Waals surface area contributed by atoms with Crippen LogP contribution in [0.5, 0.6) is 0 Å². The first kappa shape index (κ1) is 16.7. The number of urea groups is 1. The Kier molecular flexibility index (Phi) is 5.32. The lowest BCUT2D eigenvalue weighted by atomic mass is 10.2. The molecule has 0 radical (unpaired) electrons. The largest absolute Gasteiger partial charge is 0.356 e. The molecule has 0 bridgehead atoms. The monoisotopic (exact) mass is 335 g/mol. The quantitative estimate of drug-likeness (QED) is 0.784. The molecule has 3 amide bonds. The zero-order valence-electron chi connectivity index (χ0n) is 14.1. The van der Waals surface area contributed by atoms with Crippen LogP contribution in [0.15, 0.2) is 4.52 Å². The number of amides is 3. The Morgan fingerprint density at radius 1 is 1.29 bits per heavy atom. The summed E-state index contributed by atoms with van der Waals surface area (Å²) in [7, 11) is 0. The lowest BCUT2D eigenvalue weighted by molar-refractivity contribution is -0.121. The van der Waals surface area contributed by atoms with Gasteiger partial charge in [-0.15, -0.1) is 0 Å². The molecule has 24 heavy (non-hydrogen) atoms. The summed E-state index contributed by atoms with van der Waals surface area (Å²) < 4.78 is 5.25. The number of hydrogen-bond acceptors (Lipinski definition) is 5. The Morgan fingerprint density at radius 2 is 2.12 bits per heavy atom. The lowest BCUT2D eigenvalue weighted by Gasteiger charge is -2.22. The Balaban J connectivity index is 1.50. The van der Waals surface area contributed by atoms with Gasteiger partial charge in [-0.05, 0) is 38.5 Å². The van der Waals surface area contributed by atoms with Crippen LogP contribution in [-0.4, -0.2) is 46.6 Å². The normalized spacial score (nSPS) is 20.2. The van der Waals surface area contributed by atoms with E-state index in [0.29, 0.717) is 43.6 Å². The number of rotatable bonds is 7. The van der Waals surface area contributed by atoms with Gasteiger partial charge in [0.05, 0.1) is 6.04 Å². The molecule has 1 atom stereocenters. The molecule has 0 spiro atoms. The van der Waals surface area contributed by atoms with Crippen molar-refractivity contribution in [2.45, 2.75) is 51.5 Å². The number of nitrogens with zero attached hydrogens (tertiary/aromatic N) is 3. The highest BCUT2D eigenvalue weighted by Gasteiger charge is 2.33. The highest BCUT2D eigenvalue weighted by molar-refractivity contribution is 5.76. The average molecular weight is 335 g/mol. The minimum absolute atomic E-state index is 0.0199. The summed E-state index contributed by atoms with van der Waals surface area (Å²) in [6.45, 7) is 3.96. The minimum atomic E-state index is -0.141. The minimum Gasteiger partial charge on any atom is -0.356 e. The van der Waals surface area contributed by atoms with E-state index in [-0.39, 0.29) is 18.0 Å². The molecule has 1 aliphatic heterocycles. The maximum Gasteiger partial charge on any atom is 0.318 e. The van der Waals surface area contributed by atoms with Crippen molar-refractivity contribution in [1.82, 2.24) is 25.7 Å². The molecule has 3 rings (SSSR count). The van der Waals surface area contributed by atoms with Crippen LogP contribution < -0.4 is 10.6 Å². The predicted molar refractivity (Wildman–Crippen MR) is 86.1 cm³/mol. The molecule has 132 valence electrons. The fourth-order valence-corrected chi connectivity index (χ4v) is 2.92. The second-order valence-corrected chi connectivity index (χ2v) is 6.48. The van der Waals surface area contributed by atoms with E-state index in [1.807, 2.05) is 6.92 Å². The van der Waals surface area contributed by atoms with Crippen LogP contribution in [0, 0.1) is 5.92 Å². The number of aryl methyl sites for hydroxylation is 1. The molecule has 8 heteroatoms. The van der Waals surface area contributed by atoms with E-state index in [4.69, 9.17) is 4.52 Å².